The molecule has 1 fully saturated rings. The standard InChI is InChI=1S/C21H36N6O/c1-13-16(27(11)21(5,6)12-20(13,3)4)24-19(28)15-18(26(9)10)23-17(25(7)8)14(2)22-15/h13H,12H2,1-11H3/b24-16+. The highest BCUT2D eigenvalue weighted by atomic mass is 16.1. The number of carbonyl (C=O) groups excluding carboxylic acids is 1. The van der Waals surface area contributed by atoms with Gasteiger partial charge in [0.1, 0.15) is 5.84 Å². The van der Waals surface area contributed by atoms with Crippen LogP contribution in [0.2, 0.25) is 0 Å². The lowest BCUT2D eigenvalue weighted by Gasteiger charge is -2.52. The predicted molar refractivity (Wildman–Crippen MR) is 117 cm³/mol. The number of hydrogen-bond donors (Lipinski definition) is 0. The Labute approximate surface area is 169 Å². The lowest BCUT2D eigenvalue weighted by molar-refractivity contribution is 0.0826. The number of aryl methyl sites for hydroxylation is 1. The van der Waals surface area contributed by atoms with E-state index in [1.807, 2.05) is 52.0 Å². The first-order chi connectivity index (χ1) is 12.7. The molecule has 7 nitrogen and oxygen atoms in total. The molecule has 2 heterocycles. The molecule has 0 spiro atoms. The summed E-state index contributed by atoms with van der Waals surface area (Å²) in [5, 5.41) is 0. The summed E-state index contributed by atoms with van der Waals surface area (Å²) < 4.78 is 0. The van der Waals surface area contributed by atoms with Crippen LogP contribution in [0.4, 0.5) is 11.6 Å². The highest BCUT2D eigenvalue weighted by Crippen LogP contribution is 2.44. The average Bonchev–Trinajstić information content (AvgIpc) is 2.55. The summed E-state index contributed by atoms with van der Waals surface area (Å²) in [6.07, 6.45) is 1.03. The molecule has 2 rings (SSSR count). The molecular formula is C21H36N6O. The molecular weight excluding hydrogens is 352 g/mol. The monoisotopic (exact) mass is 388 g/mol. The maximum Gasteiger partial charge on any atom is 0.301 e. The molecule has 1 aromatic rings. The first-order valence-corrected chi connectivity index (χ1v) is 9.79. The molecule has 1 saturated heterocycles. The van der Waals surface area contributed by atoms with E-state index in [-0.39, 0.29) is 22.8 Å². The summed E-state index contributed by atoms with van der Waals surface area (Å²) in [6.45, 7) is 12.9. The molecule has 1 aliphatic heterocycles. The molecule has 0 radical (unpaired) electrons. The van der Waals surface area contributed by atoms with Gasteiger partial charge in [-0.15, -0.1) is 0 Å². The Hall–Kier alpha value is -2.18. The van der Waals surface area contributed by atoms with E-state index in [1.165, 1.54) is 0 Å². The van der Waals surface area contributed by atoms with Crippen molar-refractivity contribution < 1.29 is 4.79 Å². The highest BCUT2D eigenvalue weighted by Gasteiger charge is 2.45. The molecule has 1 unspecified atom stereocenters. The van der Waals surface area contributed by atoms with Crippen LogP contribution in [-0.4, -0.2) is 67.4 Å². The summed E-state index contributed by atoms with van der Waals surface area (Å²) in [4.78, 5) is 32.9. The fourth-order valence-electron chi connectivity index (χ4n) is 4.05. The minimum absolute atomic E-state index is 0.0515. The van der Waals surface area contributed by atoms with Gasteiger partial charge in [-0.1, -0.05) is 20.8 Å². The van der Waals surface area contributed by atoms with Crippen LogP contribution in [0.5, 0.6) is 0 Å². The van der Waals surface area contributed by atoms with Gasteiger partial charge in [0, 0.05) is 46.7 Å². The normalized spacial score (nSPS) is 22.3. The number of aliphatic imine (C=N–C) groups is 1. The van der Waals surface area contributed by atoms with Crippen LogP contribution in [0, 0.1) is 18.3 Å². The van der Waals surface area contributed by atoms with Crippen molar-refractivity contribution in [2.24, 2.45) is 16.3 Å². The van der Waals surface area contributed by atoms with Crippen molar-refractivity contribution in [1.82, 2.24) is 14.9 Å². The molecule has 1 aliphatic rings. The quantitative estimate of drug-likeness (QED) is 0.792. The van der Waals surface area contributed by atoms with Crippen LogP contribution in [0.25, 0.3) is 0 Å². The summed E-state index contributed by atoms with van der Waals surface area (Å²) >= 11 is 0. The third-order valence-corrected chi connectivity index (χ3v) is 5.99. The molecule has 7 heteroatoms. The van der Waals surface area contributed by atoms with Crippen molar-refractivity contribution in [3.8, 4) is 0 Å². The van der Waals surface area contributed by atoms with Crippen LogP contribution < -0.4 is 9.80 Å². The zero-order chi connectivity index (χ0) is 21.6. The van der Waals surface area contributed by atoms with Gasteiger partial charge in [-0.3, -0.25) is 4.79 Å². The van der Waals surface area contributed by atoms with Crippen molar-refractivity contribution in [1.29, 1.82) is 0 Å². The molecule has 1 aromatic heterocycles. The zero-order valence-corrected chi connectivity index (χ0v) is 19.4. The summed E-state index contributed by atoms with van der Waals surface area (Å²) in [5.74, 6) is 1.91. The number of hydrogen-bond acceptors (Lipinski definition) is 5. The lowest BCUT2D eigenvalue weighted by atomic mass is 9.67. The number of likely N-dealkylation sites (tertiary alicyclic amines) is 1. The molecule has 0 N–H and O–H groups in total. The summed E-state index contributed by atoms with van der Waals surface area (Å²) in [6, 6.07) is 0. The van der Waals surface area contributed by atoms with E-state index in [4.69, 9.17) is 0 Å². The molecule has 1 amide bonds. The Balaban J connectivity index is 2.58. The smallest absolute Gasteiger partial charge is 0.301 e. The number of anilines is 2. The van der Waals surface area contributed by atoms with Gasteiger partial charge in [-0.05, 0) is 32.6 Å². The zero-order valence-electron chi connectivity index (χ0n) is 19.4. The van der Waals surface area contributed by atoms with Gasteiger partial charge in [-0.2, -0.15) is 4.99 Å². The Morgan fingerprint density at radius 3 is 2.11 bits per heavy atom. The van der Waals surface area contributed by atoms with Crippen molar-refractivity contribution in [3.63, 3.8) is 0 Å². The molecule has 0 aliphatic carbocycles. The summed E-state index contributed by atoms with van der Waals surface area (Å²) in [5.41, 5.74) is 0.985. The third kappa shape index (κ3) is 3.98. The van der Waals surface area contributed by atoms with E-state index in [1.54, 1.807) is 0 Å². The second-order valence-corrected chi connectivity index (χ2v) is 9.63. The number of rotatable bonds is 3. The number of piperidine rings is 1. The van der Waals surface area contributed by atoms with Gasteiger partial charge in [0.05, 0.1) is 5.69 Å². The minimum Gasteiger partial charge on any atom is -0.361 e. The second-order valence-electron chi connectivity index (χ2n) is 9.63. The van der Waals surface area contributed by atoms with E-state index >= 15 is 0 Å². The van der Waals surface area contributed by atoms with Gasteiger partial charge in [0.15, 0.2) is 17.3 Å². The van der Waals surface area contributed by atoms with Gasteiger partial charge in [0.2, 0.25) is 0 Å². The van der Waals surface area contributed by atoms with Crippen molar-refractivity contribution in [2.45, 2.75) is 53.5 Å². The average molecular weight is 389 g/mol. The van der Waals surface area contributed by atoms with Crippen molar-refractivity contribution in [2.75, 3.05) is 45.0 Å². The Morgan fingerprint density at radius 2 is 1.61 bits per heavy atom. The van der Waals surface area contributed by atoms with Crippen LogP contribution >= 0.6 is 0 Å². The van der Waals surface area contributed by atoms with Crippen LogP contribution in [0.15, 0.2) is 4.99 Å². The number of carbonyl (C=O) groups is 1. The first-order valence-electron chi connectivity index (χ1n) is 9.79. The number of aromatic nitrogens is 2. The van der Waals surface area contributed by atoms with E-state index in [9.17, 15) is 4.79 Å². The van der Waals surface area contributed by atoms with Gasteiger partial charge < -0.3 is 14.7 Å². The largest absolute Gasteiger partial charge is 0.361 e. The van der Waals surface area contributed by atoms with Crippen molar-refractivity contribution in [3.05, 3.63) is 11.4 Å². The number of amides is 1. The third-order valence-electron chi connectivity index (χ3n) is 5.99. The second kappa shape index (κ2) is 7.33. The fraction of sp³-hybridized carbons (Fsp3) is 0.714. The van der Waals surface area contributed by atoms with Crippen LogP contribution in [0.3, 0.4) is 0 Å². The van der Waals surface area contributed by atoms with Gasteiger partial charge in [0.25, 0.3) is 0 Å². The Morgan fingerprint density at radius 1 is 1.07 bits per heavy atom. The van der Waals surface area contributed by atoms with Crippen LogP contribution in [-0.2, 0) is 0 Å². The first kappa shape index (κ1) is 22.1. The maximum atomic E-state index is 13.2. The van der Waals surface area contributed by atoms with E-state index in [0.717, 1.165) is 18.1 Å². The molecule has 0 aromatic carbocycles. The van der Waals surface area contributed by atoms with Gasteiger partial charge in [-0.25, -0.2) is 9.97 Å². The van der Waals surface area contributed by atoms with E-state index in [0.29, 0.717) is 17.2 Å². The predicted octanol–water partition coefficient (Wildman–Crippen LogP) is 3.23. The molecule has 1 atom stereocenters. The SMILES string of the molecule is Cc1nc(C(=O)/N=C2\C(C)C(C)(C)CC(C)(C)N2C)c(N(C)C)nc1N(C)C. The fourth-order valence-corrected chi connectivity index (χ4v) is 4.05. The van der Waals surface area contributed by atoms with Crippen LogP contribution in [0.1, 0.15) is 57.2 Å². The van der Waals surface area contributed by atoms with E-state index in [2.05, 4.69) is 54.5 Å². The molecule has 0 bridgehead atoms. The Kier molecular flexibility index (Phi) is 5.79. The topological polar surface area (TPSA) is 64.9 Å². The van der Waals surface area contributed by atoms with E-state index < -0.39 is 0 Å². The molecule has 156 valence electrons. The Bertz CT molecular complexity index is 772. The van der Waals surface area contributed by atoms with Gasteiger partial charge >= 0.3 is 5.91 Å². The lowest BCUT2D eigenvalue weighted by Crippen LogP contribution is -2.57. The number of nitrogens with zero attached hydrogens (tertiary/aromatic N) is 6. The molecule has 0 saturated carbocycles. The van der Waals surface area contributed by atoms with Crippen molar-refractivity contribution >= 4 is 23.4 Å². The molecule has 28 heavy (non-hydrogen) atoms. The minimum atomic E-state index is -0.341. The highest BCUT2D eigenvalue weighted by molar-refractivity contribution is 6.05. The maximum absolute atomic E-state index is 13.2. The number of amidine groups is 1. The summed E-state index contributed by atoms with van der Waals surface area (Å²) in [7, 11) is 9.59.